The molecule has 0 aromatic carbocycles. The second kappa shape index (κ2) is 5.84. The number of ether oxygens (including phenoxy) is 1. The molecule has 0 amide bonds. The summed E-state index contributed by atoms with van der Waals surface area (Å²) in [7, 11) is 1.67. The summed E-state index contributed by atoms with van der Waals surface area (Å²) in [6.07, 6.45) is 2.60. The van der Waals surface area contributed by atoms with Gasteiger partial charge in [0.2, 0.25) is 5.95 Å². The Balaban J connectivity index is 2.11. The van der Waals surface area contributed by atoms with Gasteiger partial charge in [0.25, 0.3) is 5.56 Å². The third kappa shape index (κ3) is 2.59. The number of morpholine rings is 1. The van der Waals surface area contributed by atoms with Crippen LogP contribution in [0.1, 0.15) is 6.92 Å². The Morgan fingerprint density at radius 1 is 1.45 bits per heavy atom. The number of hydrogen-bond acceptors (Lipinski definition) is 5. The number of aromatic nitrogens is 3. The van der Waals surface area contributed by atoms with Gasteiger partial charge in [-0.15, -0.1) is 0 Å². The van der Waals surface area contributed by atoms with Crippen molar-refractivity contribution in [3.8, 4) is 11.3 Å². The summed E-state index contributed by atoms with van der Waals surface area (Å²) in [6.45, 7) is 3.80. The molecular formula is C15H17FN4O2. The highest BCUT2D eigenvalue weighted by Gasteiger charge is 2.23. The summed E-state index contributed by atoms with van der Waals surface area (Å²) in [5.74, 6) is 0.0266. The number of pyridine rings is 1. The van der Waals surface area contributed by atoms with E-state index in [9.17, 15) is 9.18 Å². The molecule has 2 aromatic heterocycles. The standard InChI is InChI=1S/C15H17FN4O2/c1-10-9-22-6-5-20(10)15-18-13(7-14(21)19(15)2)11-3-4-17-8-12(11)16/h3-4,7-8,10H,5-6,9H2,1-2H3/t10-/m1/s1. The van der Waals surface area contributed by atoms with Gasteiger partial charge in [0.15, 0.2) is 5.82 Å². The molecule has 3 rings (SSSR count). The van der Waals surface area contributed by atoms with Crippen LogP contribution in [0.4, 0.5) is 10.3 Å². The van der Waals surface area contributed by atoms with Gasteiger partial charge in [-0.3, -0.25) is 14.3 Å². The Morgan fingerprint density at radius 3 is 3.00 bits per heavy atom. The van der Waals surface area contributed by atoms with Crippen LogP contribution < -0.4 is 10.5 Å². The van der Waals surface area contributed by atoms with Crippen LogP contribution >= 0.6 is 0 Å². The van der Waals surface area contributed by atoms with E-state index in [1.807, 2.05) is 11.8 Å². The Kier molecular flexibility index (Phi) is 3.89. The monoisotopic (exact) mass is 304 g/mol. The lowest BCUT2D eigenvalue weighted by Crippen LogP contribution is -2.46. The largest absolute Gasteiger partial charge is 0.377 e. The Labute approximate surface area is 127 Å². The molecule has 0 radical (unpaired) electrons. The lowest BCUT2D eigenvalue weighted by atomic mass is 10.2. The van der Waals surface area contributed by atoms with E-state index in [0.29, 0.717) is 31.4 Å². The van der Waals surface area contributed by atoms with Gasteiger partial charge in [-0.25, -0.2) is 9.37 Å². The minimum absolute atomic E-state index is 0.101. The van der Waals surface area contributed by atoms with Crippen molar-refractivity contribution in [3.05, 3.63) is 40.7 Å². The molecule has 1 aliphatic heterocycles. The van der Waals surface area contributed by atoms with Crippen molar-refractivity contribution in [2.45, 2.75) is 13.0 Å². The second-order valence-corrected chi connectivity index (χ2v) is 5.31. The molecule has 0 saturated carbocycles. The Morgan fingerprint density at radius 2 is 2.27 bits per heavy atom. The van der Waals surface area contributed by atoms with Crippen LogP contribution in [0.3, 0.4) is 0 Å². The SMILES string of the molecule is C[C@@H]1COCCN1c1nc(-c2ccncc2F)cc(=O)n1C. The summed E-state index contributed by atoms with van der Waals surface area (Å²) < 4.78 is 20.8. The molecule has 7 heteroatoms. The van der Waals surface area contributed by atoms with Crippen molar-refractivity contribution in [1.82, 2.24) is 14.5 Å². The normalized spacial score (nSPS) is 18.5. The molecule has 1 aliphatic rings. The van der Waals surface area contributed by atoms with Crippen LogP contribution in [0.15, 0.2) is 29.3 Å². The van der Waals surface area contributed by atoms with E-state index >= 15 is 0 Å². The lowest BCUT2D eigenvalue weighted by Gasteiger charge is -2.35. The zero-order valence-electron chi connectivity index (χ0n) is 12.5. The quantitative estimate of drug-likeness (QED) is 0.834. The molecule has 22 heavy (non-hydrogen) atoms. The fourth-order valence-corrected chi connectivity index (χ4v) is 2.53. The molecule has 0 unspecified atom stereocenters. The first-order chi connectivity index (χ1) is 10.6. The summed E-state index contributed by atoms with van der Waals surface area (Å²) in [6, 6.07) is 2.96. The molecule has 116 valence electrons. The predicted octanol–water partition coefficient (Wildman–Crippen LogP) is 1.21. The van der Waals surface area contributed by atoms with E-state index in [1.54, 1.807) is 7.05 Å². The number of hydrogen-bond donors (Lipinski definition) is 0. The van der Waals surface area contributed by atoms with Crippen molar-refractivity contribution in [2.75, 3.05) is 24.7 Å². The minimum Gasteiger partial charge on any atom is -0.377 e. The zero-order chi connectivity index (χ0) is 15.7. The summed E-state index contributed by atoms with van der Waals surface area (Å²) >= 11 is 0. The summed E-state index contributed by atoms with van der Waals surface area (Å²) in [5.41, 5.74) is 0.362. The number of rotatable bonds is 2. The third-order valence-corrected chi connectivity index (χ3v) is 3.78. The maximum Gasteiger partial charge on any atom is 0.255 e. The Hall–Kier alpha value is -2.28. The van der Waals surface area contributed by atoms with E-state index in [2.05, 4.69) is 9.97 Å². The van der Waals surface area contributed by atoms with Crippen LogP contribution in [-0.4, -0.2) is 40.3 Å². The number of halogens is 1. The molecule has 0 N–H and O–H groups in total. The van der Waals surface area contributed by atoms with Crippen LogP contribution in [0.5, 0.6) is 0 Å². The molecule has 0 spiro atoms. The summed E-state index contributed by atoms with van der Waals surface area (Å²) in [5, 5.41) is 0. The van der Waals surface area contributed by atoms with Crippen LogP contribution in [0.2, 0.25) is 0 Å². The van der Waals surface area contributed by atoms with Gasteiger partial charge in [0.05, 0.1) is 31.1 Å². The van der Waals surface area contributed by atoms with Gasteiger partial charge in [0, 0.05) is 31.4 Å². The maximum absolute atomic E-state index is 13.9. The third-order valence-electron chi connectivity index (χ3n) is 3.78. The molecule has 3 heterocycles. The van der Waals surface area contributed by atoms with E-state index in [0.717, 1.165) is 6.20 Å². The highest BCUT2D eigenvalue weighted by Crippen LogP contribution is 2.22. The van der Waals surface area contributed by atoms with Crippen molar-refractivity contribution in [2.24, 2.45) is 7.05 Å². The van der Waals surface area contributed by atoms with Gasteiger partial charge in [-0.05, 0) is 13.0 Å². The highest BCUT2D eigenvalue weighted by molar-refractivity contribution is 5.60. The molecular weight excluding hydrogens is 287 g/mol. The van der Waals surface area contributed by atoms with Gasteiger partial charge in [-0.2, -0.15) is 0 Å². The first-order valence-electron chi connectivity index (χ1n) is 7.10. The number of anilines is 1. The smallest absolute Gasteiger partial charge is 0.255 e. The van der Waals surface area contributed by atoms with Gasteiger partial charge in [0.1, 0.15) is 0 Å². The number of nitrogens with zero attached hydrogens (tertiary/aromatic N) is 4. The Bertz CT molecular complexity index is 747. The average Bonchev–Trinajstić information content (AvgIpc) is 2.51. The first kappa shape index (κ1) is 14.6. The van der Waals surface area contributed by atoms with Crippen LogP contribution in [0.25, 0.3) is 11.3 Å². The molecule has 1 atom stereocenters. The zero-order valence-corrected chi connectivity index (χ0v) is 12.5. The molecule has 0 aliphatic carbocycles. The molecule has 0 bridgehead atoms. The molecule has 2 aromatic rings. The van der Waals surface area contributed by atoms with Gasteiger partial charge >= 0.3 is 0 Å². The van der Waals surface area contributed by atoms with E-state index in [4.69, 9.17) is 4.74 Å². The lowest BCUT2D eigenvalue weighted by molar-refractivity contribution is 0.0976. The van der Waals surface area contributed by atoms with Crippen molar-refractivity contribution < 1.29 is 9.13 Å². The maximum atomic E-state index is 13.9. The van der Waals surface area contributed by atoms with Crippen LogP contribution in [0, 0.1) is 5.82 Å². The van der Waals surface area contributed by atoms with Gasteiger partial charge < -0.3 is 9.64 Å². The predicted molar refractivity (Wildman–Crippen MR) is 80.3 cm³/mol. The van der Waals surface area contributed by atoms with Crippen molar-refractivity contribution in [3.63, 3.8) is 0 Å². The van der Waals surface area contributed by atoms with E-state index in [-0.39, 0.29) is 17.2 Å². The fraction of sp³-hybridized carbons (Fsp3) is 0.400. The van der Waals surface area contributed by atoms with Crippen molar-refractivity contribution in [1.29, 1.82) is 0 Å². The first-order valence-corrected chi connectivity index (χ1v) is 7.10. The van der Waals surface area contributed by atoms with Crippen LogP contribution in [-0.2, 0) is 11.8 Å². The van der Waals surface area contributed by atoms with Gasteiger partial charge in [-0.1, -0.05) is 0 Å². The molecule has 1 fully saturated rings. The van der Waals surface area contributed by atoms with E-state index in [1.165, 1.54) is 22.9 Å². The van der Waals surface area contributed by atoms with Crippen molar-refractivity contribution >= 4 is 5.95 Å². The average molecular weight is 304 g/mol. The minimum atomic E-state index is -0.496. The fourth-order valence-electron chi connectivity index (χ4n) is 2.53. The highest BCUT2D eigenvalue weighted by atomic mass is 19.1. The topological polar surface area (TPSA) is 60.2 Å². The molecule has 6 nitrogen and oxygen atoms in total. The summed E-state index contributed by atoms with van der Waals surface area (Å²) in [4.78, 5) is 22.5. The second-order valence-electron chi connectivity index (χ2n) is 5.31. The van der Waals surface area contributed by atoms with E-state index < -0.39 is 5.82 Å². The molecule has 1 saturated heterocycles.